The molecule has 7 nitrogen and oxygen atoms in total. The minimum Gasteiger partial charge on any atom is -0.493 e. The second-order valence-corrected chi connectivity index (χ2v) is 9.78. The fourth-order valence-corrected chi connectivity index (χ4v) is 4.67. The van der Waals surface area contributed by atoms with Crippen LogP contribution in [0.5, 0.6) is 28.7 Å². The van der Waals surface area contributed by atoms with Crippen molar-refractivity contribution in [1.29, 1.82) is 0 Å². The SMILES string of the molecule is COc1cc(CC(=O)NCCc2ccc(OCc3ccccc3)c(OCc3ccccc3)c2C(F)(F)F)cc(OC)c1OC. The van der Waals surface area contributed by atoms with Crippen LogP contribution >= 0.6 is 0 Å². The summed E-state index contributed by atoms with van der Waals surface area (Å²) in [5.74, 6) is 0.381. The minimum atomic E-state index is -4.74. The molecular weight excluding hydrogens is 575 g/mol. The monoisotopic (exact) mass is 609 g/mol. The topological polar surface area (TPSA) is 75.3 Å². The van der Waals surface area contributed by atoms with Crippen molar-refractivity contribution in [1.82, 2.24) is 5.32 Å². The Morgan fingerprint density at radius 2 is 1.25 bits per heavy atom. The Labute approximate surface area is 254 Å². The van der Waals surface area contributed by atoms with Crippen LogP contribution in [0.15, 0.2) is 84.9 Å². The van der Waals surface area contributed by atoms with E-state index in [0.29, 0.717) is 28.4 Å². The molecule has 0 fully saturated rings. The molecule has 232 valence electrons. The molecule has 0 saturated heterocycles. The molecule has 4 aromatic rings. The first-order valence-electron chi connectivity index (χ1n) is 13.9. The fourth-order valence-electron chi connectivity index (χ4n) is 4.67. The molecule has 0 aromatic heterocycles. The van der Waals surface area contributed by atoms with E-state index in [4.69, 9.17) is 23.7 Å². The predicted molar refractivity (Wildman–Crippen MR) is 160 cm³/mol. The van der Waals surface area contributed by atoms with Crippen molar-refractivity contribution in [3.05, 3.63) is 113 Å². The fraction of sp³-hybridized carbons (Fsp3) is 0.265. The van der Waals surface area contributed by atoms with Gasteiger partial charge in [0.2, 0.25) is 11.7 Å². The van der Waals surface area contributed by atoms with E-state index in [2.05, 4.69) is 5.32 Å². The zero-order valence-electron chi connectivity index (χ0n) is 24.7. The molecule has 0 atom stereocenters. The van der Waals surface area contributed by atoms with Crippen LogP contribution in [0.4, 0.5) is 13.2 Å². The quantitative estimate of drug-likeness (QED) is 0.170. The highest BCUT2D eigenvalue weighted by atomic mass is 19.4. The third kappa shape index (κ3) is 8.37. The van der Waals surface area contributed by atoms with Gasteiger partial charge in [-0.3, -0.25) is 4.79 Å². The van der Waals surface area contributed by atoms with E-state index in [1.165, 1.54) is 33.5 Å². The van der Waals surface area contributed by atoms with Crippen LogP contribution in [0.1, 0.15) is 27.8 Å². The van der Waals surface area contributed by atoms with Crippen LogP contribution in [-0.4, -0.2) is 33.8 Å². The maximum Gasteiger partial charge on any atom is 0.420 e. The van der Waals surface area contributed by atoms with Gasteiger partial charge in [-0.1, -0.05) is 66.7 Å². The van der Waals surface area contributed by atoms with E-state index in [0.717, 1.165) is 5.56 Å². The molecule has 0 bridgehead atoms. The molecule has 4 aromatic carbocycles. The second kappa shape index (κ2) is 15.0. The molecular formula is C34H34F3NO6. The van der Waals surface area contributed by atoms with Crippen molar-refractivity contribution in [2.75, 3.05) is 27.9 Å². The Morgan fingerprint density at radius 1 is 0.682 bits per heavy atom. The minimum absolute atomic E-state index is 0.0210. The number of methoxy groups -OCH3 is 3. The van der Waals surface area contributed by atoms with Crippen LogP contribution in [-0.2, 0) is 37.0 Å². The largest absolute Gasteiger partial charge is 0.493 e. The average molecular weight is 610 g/mol. The van der Waals surface area contributed by atoms with Gasteiger partial charge >= 0.3 is 6.18 Å². The lowest BCUT2D eigenvalue weighted by Gasteiger charge is -2.21. The van der Waals surface area contributed by atoms with Gasteiger partial charge in [-0.05, 0) is 46.9 Å². The van der Waals surface area contributed by atoms with E-state index in [1.807, 2.05) is 36.4 Å². The number of nitrogens with one attached hydrogen (secondary N) is 1. The summed E-state index contributed by atoms with van der Waals surface area (Å²) in [6.07, 6.45) is -4.87. The zero-order chi connectivity index (χ0) is 31.5. The number of hydrogen-bond donors (Lipinski definition) is 1. The first-order valence-corrected chi connectivity index (χ1v) is 13.9. The summed E-state index contributed by atoms with van der Waals surface area (Å²) in [4.78, 5) is 12.7. The number of ether oxygens (including phenoxy) is 5. The van der Waals surface area contributed by atoms with Crippen molar-refractivity contribution >= 4 is 5.91 Å². The lowest BCUT2D eigenvalue weighted by Crippen LogP contribution is -2.28. The van der Waals surface area contributed by atoms with E-state index in [-0.39, 0.29) is 49.8 Å². The number of rotatable bonds is 14. The smallest absolute Gasteiger partial charge is 0.420 e. The molecule has 0 aliphatic carbocycles. The summed E-state index contributed by atoms with van der Waals surface area (Å²) >= 11 is 0. The number of carbonyl (C=O) groups excluding carboxylic acids is 1. The van der Waals surface area contributed by atoms with E-state index >= 15 is 0 Å². The maximum absolute atomic E-state index is 14.6. The van der Waals surface area contributed by atoms with Gasteiger partial charge in [0.05, 0.1) is 27.8 Å². The summed E-state index contributed by atoms with van der Waals surface area (Å²) in [5.41, 5.74) is 1.14. The van der Waals surface area contributed by atoms with Gasteiger partial charge in [-0.15, -0.1) is 0 Å². The molecule has 0 aliphatic heterocycles. The number of carbonyl (C=O) groups is 1. The van der Waals surface area contributed by atoms with Crippen LogP contribution in [0.3, 0.4) is 0 Å². The van der Waals surface area contributed by atoms with E-state index in [9.17, 15) is 18.0 Å². The highest BCUT2D eigenvalue weighted by molar-refractivity contribution is 5.79. The van der Waals surface area contributed by atoms with E-state index in [1.54, 1.807) is 36.4 Å². The van der Waals surface area contributed by atoms with Crippen molar-refractivity contribution in [2.24, 2.45) is 0 Å². The lowest BCUT2D eigenvalue weighted by molar-refractivity contribution is -0.139. The van der Waals surface area contributed by atoms with Gasteiger partial charge in [0.25, 0.3) is 0 Å². The lowest BCUT2D eigenvalue weighted by atomic mass is 10.0. The summed E-state index contributed by atoms with van der Waals surface area (Å²) in [6, 6.07) is 24.2. The Kier molecular flexibility index (Phi) is 11.0. The van der Waals surface area contributed by atoms with Gasteiger partial charge < -0.3 is 29.0 Å². The van der Waals surface area contributed by atoms with E-state index < -0.39 is 17.5 Å². The van der Waals surface area contributed by atoms with Gasteiger partial charge in [0.1, 0.15) is 18.8 Å². The van der Waals surface area contributed by atoms with Gasteiger partial charge in [0, 0.05) is 6.54 Å². The number of alkyl halides is 3. The number of benzene rings is 4. The molecule has 0 aliphatic rings. The molecule has 1 N–H and O–H groups in total. The standard InChI is InChI=1S/C34H34F3NO6/c1-40-28-18-25(19-29(41-2)32(28)42-3)20-30(39)38-17-16-26-14-15-27(43-21-23-10-6-4-7-11-23)33(31(26)34(35,36)37)44-22-24-12-8-5-9-13-24/h4-15,18-19H,16-17,20-22H2,1-3H3,(H,38,39). The normalized spacial score (nSPS) is 11.0. The van der Waals surface area contributed by atoms with Crippen LogP contribution in [0, 0.1) is 0 Å². The number of halogens is 3. The third-order valence-electron chi connectivity index (χ3n) is 6.76. The first kappa shape index (κ1) is 32.1. The molecule has 0 saturated carbocycles. The van der Waals surface area contributed by atoms with Crippen molar-refractivity contribution in [3.8, 4) is 28.7 Å². The van der Waals surface area contributed by atoms with Crippen molar-refractivity contribution in [2.45, 2.75) is 32.2 Å². The Hall–Kier alpha value is -4.86. The van der Waals surface area contributed by atoms with Gasteiger partial charge in [-0.25, -0.2) is 0 Å². The zero-order valence-corrected chi connectivity index (χ0v) is 24.7. The van der Waals surface area contributed by atoms with Crippen LogP contribution in [0.2, 0.25) is 0 Å². The molecule has 0 heterocycles. The molecule has 0 radical (unpaired) electrons. The predicted octanol–water partition coefficient (Wildman–Crippen LogP) is 6.79. The Bertz CT molecular complexity index is 1500. The van der Waals surface area contributed by atoms with Crippen molar-refractivity contribution < 1.29 is 41.7 Å². The molecule has 0 unspecified atom stereocenters. The summed E-state index contributed by atoms with van der Waals surface area (Å²) in [5, 5.41) is 2.71. The molecule has 4 rings (SSSR count). The summed E-state index contributed by atoms with van der Waals surface area (Å²) in [7, 11) is 4.41. The Morgan fingerprint density at radius 3 is 1.77 bits per heavy atom. The Balaban J connectivity index is 1.53. The second-order valence-electron chi connectivity index (χ2n) is 9.78. The highest BCUT2D eigenvalue weighted by Gasteiger charge is 2.39. The first-order chi connectivity index (χ1) is 21.2. The molecule has 0 spiro atoms. The average Bonchev–Trinajstić information content (AvgIpc) is 3.02. The van der Waals surface area contributed by atoms with Crippen LogP contribution in [0.25, 0.3) is 0 Å². The summed E-state index contributed by atoms with van der Waals surface area (Å²) in [6.45, 7) is -0.0502. The van der Waals surface area contributed by atoms with Crippen molar-refractivity contribution in [3.63, 3.8) is 0 Å². The molecule has 10 heteroatoms. The third-order valence-corrected chi connectivity index (χ3v) is 6.76. The number of hydrogen-bond acceptors (Lipinski definition) is 6. The van der Waals surface area contributed by atoms with Gasteiger partial charge in [0.15, 0.2) is 23.0 Å². The van der Waals surface area contributed by atoms with Gasteiger partial charge in [-0.2, -0.15) is 13.2 Å². The summed E-state index contributed by atoms with van der Waals surface area (Å²) < 4.78 is 71.4. The number of amides is 1. The maximum atomic E-state index is 14.6. The highest BCUT2D eigenvalue weighted by Crippen LogP contribution is 2.45. The molecule has 1 amide bonds. The van der Waals surface area contributed by atoms with Crippen LogP contribution < -0.4 is 29.0 Å². The molecule has 44 heavy (non-hydrogen) atoms.